The molecule has 0 radical (unpaired) electrons. The smallest absolute Gasteiger partial charge is 0.376 e. The molecule has 3 atom stereocenters. The Kier molecular flexibility index (Phi) is 8.98. The third kappa shape index (κ3) is 7.32. The molecule has 0 saturated heterocycles. The van der Waals surface area contributed by atoms with Crippen LogP contribution in [0.25, 0.3) is 11.1 Å². The maximum absolute atomic E-state index is 14.5. The van der Waals surface area contributed by atoms with Crippen LogP contribution in [0.1, 0.15) is 63.6 Å². The Balaban J connectivity index is 1.86. The Morgan fingerprint density at radius 2 is 1.43 bits per heavy atom. The first kappa shape index (κ1) is 31.8. The average Bonchev–Trinajstić information content (AvgIpc) is 3.64. The molecule has 40 heavy (non-hydrogen) atoms. The van der Waals surface area contributed by atoms with Crippen molar-refractivity contribution in [1.82, 2.24) is 16.0 Å². The van der Waals surface area contributed by atoms with Crippen molar-refractivity contribution >= 4 is 5.91 Å². The number of carbonyl (C=O) groups is 1. The van der Waals surface area contributed by atoms with Gasteiger partial charge in [-0.15, -0.1) is 0 Å². The van der Waals surface area contributed by atoms with Gasteiger partial charge in [0.25, 0.3) is 0 Å². The Morgan fingerprint density at radius 3 is 1.80 bits per heavy atom. The molecule has 0 bridgehead atoms. The Bertz CT molecular complexity index is 1150. The maximum atomic E-state index is 14.5. The monoisotopic (exact) mass is 577 g/mol. The summed E-state index contributed by atoms with van der Waals surface area (Å²) in [5.74, 6) is -0.755. The Labute approximate surface area is 228 Å². The Morgan fingerprint density at radius 1 is 0.925 bits per heavy atom. The van der Waals surface area contributed by atoms with Gasteiger partial charge in [0.15, 0.2) is 5.60 Å². The first-order chi connectivity index (χ1) is 18.3. The van der Waals surface area contributed by atoms with E-state index in [1.54, 1.807) is 7.05 Å². The fourth-order valence-corrected chi connectivity index (χ4v) is 4.55. The van der Waals surface area contributed by atoms with Crippen molar-refractivity contribution in [3.05, 3.63) is 59.7 Å². The molecule has 222 valence electrons. The summed E-state index contributed by atoms with van der Waals surface area (Å²) in [4.78, 5) is 12.9. The van der Waals surface area contributed by atoms with Crippen LogP contribution < -0.4 is 16.0 Å². The molecule has 0 spiro atoms. The van der Waals surface area contributed by atoms with Crippen molar-refractivity contribution in [2.24, 2.45) is 0 Å². The van der Waals surface area contributed by atoms with E-state index in [1.807, 2.05) is 0 Å². The lowest BCUT2D eigenvalue weighted by Gasteiger charge is -2.31. The van der Waals surface area contributed by atoms with E-state index in [0.29, 0.717) is 24.0 Å². The number of hydrogen-bond donors (Lipinski definition) is 4. The SMILES string of the molecule is CCC(O)(c1ccc(-c2ccc(C(N[C@@H](CC(C)(C)F)C(=O)NC3(NC)CC3)C(F)(F)F)cc2)cc1)C(F)(F)F. The van der Waals surface area contributed by atoms with Crippen molar-refractivity contribution in [3.8, 4) is 11.1 Å². The highest BCUT2D eigenvalue weighted by Crippen LogP contribution is 2.42. The number of nitrogens with one attached hydrogen (secondary N) is 3. The minimum absolute atomic E-state index is 0.227. The summed E-state index contributed by atoms with van der Waals surface area (Å²) in [5, 5.41) is 18.0. The van der Waals surface area contributed by atoms with Gasteiger partial charge in [0.05, 0.1) is 11.7 Å². The summed E-state index contributed by atoms with van der Waals surface area (Å²) in [7, 11) is 1.61. The van der Waals surface area contributed by atoms with Crippen LogP contribution in [0.4, 0.5) is 30.7 Å². The highest BCUT2D eigenvalue weighted by molar-refractivity contribution is 5.83. The van der Waals surface area contributed by atoms with Gasteiger partial charge in [-0.3, -0.25) is 15.4 Å². The van der Waals surface area contributed by atoms with Crippen molar-refractivity contribution in [2.75, 3.05) is 7.05 Å². The molecule has 5 nitrogen and oxygen atoms in total. The Hall–Kier alpha value is -2.70. The van der Waals surface area contributed by atoms with E-state index in [0.717, 1.165) is 12.1 Å². The molecule has 0 aliphatic heterocycles. The van der Waals surface area contributed by atoms with Crippen molar-refractivity contribution in [1.29, 1.82) is 0 Å². The third-order valence-electron chi connectivity index (χ3n) is 7.21. The molecule has 2 aromatic carbocycles. The van der Waals surface area contributed by atoms with Crippen molar-refractivity contribution in [2.45, 2.75) is 87.8 Å². The average molecular weight is 578 g/mol. The van der Waals surface area contributed by atoms with E-state index < -0.39 is 60.1 Å². The minimum atomic E-state index is -4.89. The number of alkyl halides is 7. The summed E-state index contributed by atoms with van der Waals surface area (Å²) in [6.45, 7) is 3.57. The number of hydrogen-bond acceptors (Lipinski definition) is 4. The molecule has 0 aromatic heterocycles. The van der Waals surface area contributed by atoms with Gasteiger partial charge < -0.3 is 10.4 Å². The number of rotatable bonds is 11. The minimum Gasteiger partial charge on any atom is -0.376 e. The van der Waals surface area contributed by atoms with E-state index in [9.17, 15) is 40.6 Å². The normalized spacial score (nSPS) is 18.5. The van der Waals surface area contributed by atoms with Gasteiger partial charge in [0, 0.05) is 6.42 Å². The van der Waals surface area contributed by atoms with Crippen LogP contribution in [-0.2, 0) is 10.4 Å². The van der Waals surface area contributed by atoms with Gasteiger partial charge in [-0.05, 0) is 62.4 Å². The number of halogens is 7. The number of aliphatic hydroxyl groups is 1. The lowest BCUT2D eigenvalue weighted by Crippen LogP contribution is -2.56. The highest BCUT2D eigenvalue weighted by atomic mass is 19.4. The van der Waals surface area contributed by atoms with Crippen LogP contribution in [0.2, 0.25) is 0 Å². The van der Waals surface area contributed by atoms with Crippen LogP contribution >= 0.6 is 0 Å². The van der Waals surface area contributed by atoms with E-state index in [2.05, 4.69) is 16.0 Å². The largest absolute Gasteiger partial charge is 0.421 e. The highest BCUT2D eigenvalue weighted by Gasteiger charge is 2.53. The van der Waals surface area contributed by atoms with Gasteiger partial charge in [0.1, 0.15) is 11.7 Å². The molecule has 4 N–H and O–H groups in total. The van der Waals surface area contributed by atoms with E-state index in [-0.39, 0.29) is 11.1 Å². The van der Waals surface area contributed by atoms with Crippen LogP contribution in [0.15, 0.2) is 48.5 Å². The second-order valence-corrected chi connectivity index (χ2v) is 10.8. The summed E-state index contributed by atoms with van der Waals surface area (Å²) in [5.41, 5.74) is -5.41. The van der Waals surface area contributed by atoms with Crippen LogP contribution in [0.5, 0.6) is 0 Å². The molecule has 1 saturated carbocycles. The second-order valence-electron chi connectivity index (χ2n) is 10.8. The van der Waals surface area contributed by atoms with Gasteiger partial charge in [-0.1, -0.05) is 55.5 Å². The molecule has 1 amide bonds. The molecule has 2 unspecified atom stereocenters. The van der Waals surface area contributed by atoms with Crippen molar-refractivity contribution < 1.29 is 40.6 Å². The van der Waals surface area contributed by atoms with Crippen LogP contribution in [0, 0.1) is 0 Å². The van der Waals surface area contributed by atoms with Crippen LogP contribution in [-0.4, -0.2) is 47.8 Å². The first-order valence-corrected chi connectivity index (χ1v) is 12.9. The summed E-state index contributed by atoms with van der Waals surface area (Å²) >= 11 is 0. The van der Waals surface area contributed by atoms with Gasteiger partial charge >= 0.3 is 12.4 Å². The molecule has 1 aliphatic carbocycles. The van der Waals surface area contributed by atoms with Crippen molar-refractivity contribution in [3.63, 3.8) is 0 Å². The second kappa shape index (κ2) is 11.3. The predicted molar refractivity (Wildman–Crippen MR) is 137 cm³/mol. The molecule has 1 aliphatic rings. The van der Waals surface area contributed by atoms with Gasteiger partial charge in [-0.2, -0.15) is 26.3 Å². The van der Waals surface area contributed by atoms with Crippen LogP contribution in [0.3, 0.4) is 0 Å². The van der Waals surface area contributed by atoms with E-state index in [1.165, 1.54) is 57.2 Å². The first-order valence-electron chi connectivity index (χ1n) is 12.9. The molecule has 1 fully saturated rings. The zero-order valence-electron chi connectivity index (χ0n) is 22.6. The molecule has 3 rings (SSSR count). The third-order valence-corrected chi connectivity index (χ3v) is 7.21. The number of amides is 1. The molecule has 0 heterocycles. The molecular weight excluding hydrogens is 543 g/mol. The zero-order chi connectivity index (χ0) is 30.1. The molecule has 12 heteroatoms. The lowest BCUT2D eigenvalue weighted by atomic mass is 9.89. The van der Waals surface area contributed by atoms with E-state index in [4.69, 9.17) is 0 Å². The maximum Gasteiger partial charge on any atom is 0.421 e. The fraction of sp³-hybridized carbons (Fsp3) is 0.536. The standard InChI is InChI=1S/C28H34F7N3O2/c1-5-26(40,28(33,34)35)20-12-10-18(11-13-20)17-6-8-19(9-7-17)22(27(30,31)32)37-21(16-24(2,3)29)23(39)38-25(36-4)14-15-25/h6-13,21-22,36-37,40H,5,14-16H2,1-4H3,(H,38,39)/t21-,22?,26?/m0/s1. The van der Waals surface area contributed by atoms with Gasteiger partial charge in [-0.25, -0.2) is 4.39 Å². The van der Waals surface area contributed by atoms with E-state index >= 15 is 0 Å². The quantitative estimate of drug-likeness (QED) is 0.194. The topological polar surface area (TPSA) is 73.4 Å². The lowest BCUT2D eigenvalue weighted by molar-refractivity contribution is -0.267. The summed E-state index contributed by atoms with van der Waals surface area (Å²) in [6.07, 6.45) is -9.61. The predicted octanol–water partition coefficient (Wildman–Crippen LogP) is 6.04. The molecule has 2 aromatic rings. The molecular formula is C28H34F7N3O2. The number of carbonyl (C=O) groups excluding carboxylic acids is 1. The summed E-state index contributed by atoms with van der Waals surface area (Å²) < 4.78 is 97.1. The zero-order valence-corrected chi connectivity index (χ0v) is 22.6. The fourth-order valence-electron chi connectivity index (χ4n) is 4.55. The number of benzene rings is 2. The summed E-state index contributed by atoms with van der Waals surface area (Å²) in [6, 6.07) is 6.28. The van der Waals surface area contributed by atoms with Gasteiger partial charge in [0.2, 0.25) is 5.91 Å².